The first-order valence-electron chi connectivity index (χ1n) is 8.18. The molecule has 1 aromatic rings. The fourth-order valence-corrected chi connectivity index (χ4v) is 3.05. The van der Waals surface area contributed by atoms with E-state index < -0.39 is 41.7 Å². The zero-order chi connectivity index (χ0) is 19.1. The highest BCUT2D eigenvalue weighted by Gasteiger charge is 2.56. The number of alkyl halides is 3. The molecule has 26 heavy (non-hydrogen) atoms. The van der Waals surface area contributed by atoms with E-state index in [0.29, 0.717) is 0 Å². The Kier molecular flexibility index (Phi) is 4.41. The minimum atomic E-state index is -4.46. The predicted octanol–water partition coefficient (Wildman–Crippen LogP) is 2.04. The van der Waals surface area contributed by atoms with Crippen LogP contribution < -0.4 is 10.6 Å². The second-order valence-corrected chi connectivity index (χ2v) is 6.77. The number of rotatable bonds is 5. The summed E-state index contributed by atoms with van der Waals surface area (Å²) >= 11 is 0. The average Bonchev–Trinajstić information content (AvgIpc) is 3.39. The summed E-state index contributed by atoms with van der Waals surface area (Å²) in [5.74, 6) is -0.984. The summed E-state index contributed by atoms with van der Waals surface area (Å²) < 4.78 is 38.1. The minimum Gasteiger partial charge on any atom is -0.350 e. The summed E-state index contributed by atoms with van der Waals surface area (Å²) in [6.07, 6.45) is -2.77. The summed E-state index contributed by atoms with van der Waals surface area (Å²) in [5.41, 5.74) is -1.51. The van der Waals surface area contributed by atoms with Gasteiger partial charge in [0.15, 0.2) is 0 Å². The van der Waals surface area contributed by atoms with E-state index in [2.05, 4.69) is 10.6 Å². The Hall–Kier alpha value is -2.58. The fourth-order valence-electron chi connectivity index (χ4n) is 3.05. The lowest BCUT2D eigenvalue weighted by molar-refractivity contribution is -0.137. The van der Waals surface area contributed by atoms with Gasteiger partial charge in [0, 0.05) is 6.54 Å². The van der Waals surface area contributed by atoms with Crippen molar-refractivity contribution < 1.29 is 27.6 Å². The first-order valence-corrected chi connectivity index (χ1v) is 8.18. The zero-order valence-electron chi connectivity index (χ0n) is 14.0. The number of nitrogens with zero attached hydrogens (tertiary/aromatic N) is 1. The van der Waals surface area contributed by atoms with Crippen LogP contribution in [-0.2, 0) is 22.3 Å². The van der Waals surface area contributed by atoms with Crippen molar-refractivity contribution in [1.29, 1.82) is 0 Å². The van der Waals surface area contributed by atoms with E-state index in [1.165, 1.54) is 12.1 Å². The molecule has 1 atom stereocenters. The third kappa shape index (κ3) is 3.51. The Morgan fingerprint density at radius 1 is 1.35 bits per heavy atom. The van der Waals surface area contributed by atoms with E-state index in [4.69, 9.17) is 0 Å². The zero-order valence-corrected chi connectivity index (χ0v) is 14.0. The highest BCUT2D eigenvalue weighted by atomic mass is 19.4. The van der Waals surface area contributed by atoms with Crippen LogP contribution in [-0.4, -0.2) is 34.8 Å². The van der Waals surface area contributed by atoms with Gasteiger partial charge in [0.25, 0.3) is 5.91 Å². The number of nitrogens with one attached hydrogen (secondary N) is 2. The lowest BCUT2D eigenvalue weighted by Gasteiger charge is -2.20. The minimum absolute atomic E-state index is 0.0807. The molecule has 1 saturated carbocycles. The van der Waals surface area contributed by atoms with Gasteiger partial charge in [0.2, 0.25) is 5.91 Å². The molecule has 6 nitrogen and oxygen atoms in total. The molecular weight excluding hydrogens is 351 g/mol. The summed E-state index contributed by atoms with van der Waals surface area (Å²) in [6, 6.07) is 3.96. The van der Waals surface area contributed by atoms with Crippen molar-refractivity contribution in [3.63, 3.8) is 0 Å². The molecule has 9 heteroatoms. The SMILES string of the molecule is C[C@]1(C2CC2)NC(=O)N(CC(=O)NCc2cccc(C(F)(F)F)c2)C1=O. The Balaban J connectivity index is 1.58. The third-order valence-electron chi connectivity index (χ3n) is 4.74. The molecule has 0 aromatic heterocycles. The van der Waals surface area contributed by atoms with Gasteiger partial charge in [-0.25, -0.2) is 4.79 Å². The smallest absolute Gasteiger partial charge is 0.350 e. The number of benzene rings is 1. The number of carbonyl (C=O) groups excluding carboxylic acids is 3. The summed E-state index contributed by atoms with van der Waals surface area (Å²) in [7, 11) is 0. The monoisotopic (exact) mass is 369 g/mol. The molecule has 0 bridgehead atoms. The Labute approximate surface area is 147 Å². The molecule has 2 fully saturated rings. The molecular formula is C17H18F3N3O3. The van der Waals surface area contributed by atoms with Crippen LogP contribution in [0.5, 0.6) is 0 Å². The van der Waals surface area contributed by atoms with Crippen LogP contribution in [0.4, 0.5) is 18.0 Å². The molecule has 1 heterocycles. The quantitative estimate of drug-likeness (QED) is 0.780. The molecule has 2 aliphatic rings. The lowest BCUT2D eigenvalue weighted by atomic mass is 9.96. The largest absolute Gasteiger partial charge is 0.416 e. The van der Waals surface area contributed by atoms with E-state index in [1.54, 1.807) is 6.92 Å². The van der Waals surface area contributed by atoms with Gasteiger partial charge in [-0.3, -0.25) is 14.5 Å². The molecule has 1 aliphatic carbocycles. The standard InChI is InChI=1S/C17H18F3N3O3/c1-16(11-5-6-11)14(25)23(15(26)22-16)9-13(24)21-8-10-3-2-4-12(7-10)17(18,19)20/h2-4,7,11H,5-6,8-9H2,1H3,(H,21,24)(H,22,26)/t16-/m1/s1. The van der Waals surface area contributed by atoms with Crippen LogP contribution >= 0.6 is 0 Å². The number of carbonyl (C=O) groups is 3. The maximum atomic E-state index is 12.7. The van der Waals surface area contributed by atoms with Gasteiger partial charge < -0.3 is 10.6 Å². The molecule has 1 aromatic carbocycles. The van der Waals surface area contributed by atoms with Crippen LogP contribution in [0.3, 0.4) is 0 Å². The van der Waals surface area contributed by atoms with Crippen molar-refractivity contribution in [2.24, 2.45) is 5.92 Å². The number of hydrogen-bond donors (Lipinski definition) is 2. The predicted molar refractivity (Wildman–Crippen MR) is 84.7 cm³/mol. The van der Waals surface area contributed by atoms with Crippen LogP contribution in [0, 0.1) is 5.92 Å². The maximum absolute atomic E-state index is 12.7. The topological polar surface area (TPSA) is 78.5 Å². The molecule has 1 aliphatic heterocycles. The van der Waals surface area contributed by atoms with Crippen molar-refractivity contribution in [1.82, 2.24) is 15.5 Å². The lowest BCUT2D eigenvalue weighted by Crippen LogP contribution is -2.46. The Bertz CT molecular complexity index is 761. The van der Waals surface area contributed by atoms with Crippen molar-refractivity contribution >= 4 is 17.8 Å². The molecule has 4 amide bonds. The highest BCUT2D eigenvalue weighted by Crippen LogP contribution is 2.42. The van der Waals surface area contributed by atoms with Gasteiger partial charge >= 0.3 is 12.2 Å². The molecule has 140 valence electrons. The van der Waals surface area contributed by atoms with Gasteiger partial charge in [0.05, 0.1) is 5.56 Å². The van der Waals surface area contributed by atoms with Crippen molar-refractivity contribution in [3.8, 4) is 0 Å². The number of imide groups is 1. The number of halogens is 3. The van der Waals surface area contributed by atoms with E-state index in [-0.39, 0.29) is 18.0 Å². The van der Waals surface area contributed by atoms with Crippen LogP contribution in [0.2, 0.25) is 0 Å². The molecule has 0 unspecified atom stereocenters. The number of hydrogen-bond acceptors (Lipinski definition) is 3. The highest BCUT2D eigenvalue weighted by molar-refractivity contribution is 6.09. The van der Waals surface area contributed by atoms with Crippen molar-refractivity contribution in [3.05, 3.63) is 35.4 Å². The van der Waals surface area contributed by atoms with E-state index in [0.717, 1.165) is 29.9 Å². The summed E-state index contributed by atoms with van der Waals surface area (Å²) in [6.45, 7) is 1.05. The normalized spacial score (nSPS) is 23.2. The number of urea groups is 1. The maximum Gasteiger partial charge on any atom is 0.416 e. The summed E-state index contributed by atoms with van der Waals surface area (Å²) in [4.78, 5) is 37.3. The molecule has 0 spiro atoms. The van der Waals surface area contributed by atoms with E-state index in [9.17, 15) is 27.6 Å². The van der Waals surface area contributed by atoms with E-state index >= 15 is 0 Å². The number of amides is 4. The molecule has 0 radical (unpaired) electrons. The van der Waals surface area contributed by atoms with Gasteiger partial charge in [-0.1, -0.05) is 12.1 Å². The molecule has 1 saturated heterocycles. The van der Waals surface area contributed by atoms with E-state index in [1.807, 2.05) is 0 Å². The van der Waals surface area contributed by atoms with Gasteiger partial charge in [-0.15, -0.1) is 0 Å². The van der Waals surface area contributed by atoms with Crippen LogP contribution in [0.15, 0.2) is 24.3 Å². The van der Waals surface area contributed by atoms with Crippen LogP contribution in [0.25, 0.3) is 0 Å². The average molecular weight is 369 g/mol. The first-order chi connectivity index (χ1) is 12.1. The summed E-state index contributed by atoms with van der Waals surface area (Å²) in [5, 5.41) is 5.07. The molecule has 2 N–H and O–H groups in total. The van der Waals surface area contributed by atoms with Crippen LogP contribution in [0.1, 0.15) is 30.9 Å². The fraction of sp³-hybridized carbons (Fsp3) is 0.471. The van der Waals surface area contributed by atoms with Gasteiger partial charge in [0.1, 0.15) is 12.1 Å². The first kappa shape index (κ1) is 18.2. The Morgan fingerprint density at radius 2 is 2.04 bits per heavy atom. The Morgan fingerprint density at radius 3 is 2.65 bits per heavy atom. The van der Waals surface area contributed by atoms with Crippen molar-refractivity contribution in [2.75, 3.05) is 6.54 Å². The van der Waals surface area contributed by atoms with Gasteiger partial charge in [-0.05, 0) is 43.4 Å². The molecule has 3 rings (SSSR count). The second-order valence-electron chi connectivity index (χ2n) is 6.77. The van der Waals surface area contributed by atoms with Crippen molar-refractivity contribution in [2.45, 2.75) is 38.0 Å². The third-order valence-corrected chi connectivity index (χ3v) is 4.74. The second kappa shape index (κ2) is 6.30. The van der Waals surface area contributed by atoms with Gasteiger partial charge in [-0.2, -0.15) is 13.2 Å².